The minimum Gasteiger partial charge on any atom is -0.464 e. The van der Waals surface area contributed by atoms with Crippen LogP contribution in [0.3, 0.4) is 0 Å². The molecule has 3 aromatic rings. The van der Waals surface area contributed by atoms with Crippen molar-refractivity contribution >= 4 is 28.3 Å². The van der Waals surface area contributed by atoms with E-state index in [1.807, 2.05) is 0 Å². The van der Waals surface area contributed by atoms with Crippen LogP contribution < -0.4 is 10.1 Å². The van der Waals surface area contributed by atoms with E-state index >= 15 is 0 Å². The van der Waals surface area contributed by atoms with Crippen LogP contribution in [0.2, 0.25) is 0 Å². The van der Waals surface area contributed by atoms with E-state index in [9.17, 15) is 13.6 Å². The van der Waals surface area contributed by atoms with Gasteiger partial charge in [-0.3, -0.25) is 9.69 Å². The molecule has 0 bridgehead atoms. The first-order valence-corrected chi connectivity index (χ1v) is 13.4. The lowest BCUT2D eigenvalue weighted by molar-refractivity contribution is -0.0230. The van der Waals surface area contributed by atoms with E-state index in [1.165, 1.54) is 11.3 Å². The number of nitrogens with one attached hydrogen (secondary N) is 1. The monoisotopic (exact) mass is 518 g/mol. The molecular formula is C26H32F2N4O3S. The van der Waals surface area contributed by atoms with Crippen LogP contribution >= 0.6 is 11.3 Å². The van der Waals surface area contributed by atoms with Gasteiger partial charge in [-0.2, -0.15) is 0 Å². The van der Waals surface area contributed by atoms with Crippen LogP contribution in [0.5, 0.6) is 5.19 Å². The predicted octanol–water partition coefficient (Wildman–Crippen LogP) is 5.36. The summed E-state index contributed by atoms with van der Waals surface area (Å²) in [5.74, 6) is -1.67. The van der Waals surface area contributed by atoms with Crippen LogP contribution in [-0.4, -0.2) is 52.4 Å². The summed E-state index contributed by atoms with van der Waals surface area (Å²) in [7, 11) is 0. The number of hydrogen-bond acceptors (Lipinski definition) is 7. The molecule has 2 aromatic heterocycles. The Kier molecular flexibility index (Phi) is 7.25. The van der Waals surface area contributed by atoms with E-state index in [1.54, 1.807) is 25.1 Å². The number of carbonyl (C=O) groups is 1. The number of benzene rings is 1. The number of amides is 1. The van der Waals surface area contributed by atoms with Gasteiger partial charge in [-0.15, -0.1) is 0 Å². The number of nitrogens with zero attached hydrogens (tertiary/aromatic N) is 3. The van der Waals surface area contributed by atoms with Gasteiger partial charge in [-0.05, 0) is 69.2 Å². The maximum atomic E-state index is 13.1. The summed E-state index contributed by atoms with van der Waals surface area (Å²) in [5, 5.41) is 3.54. The van der Waals surface area contributed by atoms with Gasteiger partial charge in [-0.1, -0.05) is 11.3 Å². The molecular weight excluding hydrogens is 486 g/mol. The van der Waals surface area contributed by atoms with Gasteiger partial charge in [0.1, 0.15) is 5.52 Å². The number of thiazole rings is 1. The van der Waals surface area contributed by atoms with Crippen LogP contribution in [0.1, 0.15) is 65.8 Å². The van der Waals surface area contributed by atoms with Crippen LogP contribution in [0, 0.1) is 12.8 Å². The summed E-state index contributed by atoms with van der Waals surface area (Å²) in [6.45, 7) is 4.72. The maximum Gasteiger partial charge on any atom is 0.278 e. The third kappa shape index (κ3) is 6.21. The van der Waals surface area contributed by atoms with Gasteiger partial charge in [-0.25, -0.2) is 18.7 Å². The molecule has 194 valence electrons. The van der Waals surface area contributed by atoms with Crippen LogP contribution in [-0.2, 0) is 13.0 Å². The number of rotatable bonds is 8. The Morgan fingerprint density at radius 2 is 2.08 bits per heavy atom. The molecule has 36 heavy (non-hydrogen) atoms. The topological polar surface area (TPSA) is 80.5 Å². The average molecular weight is 519 g/mol. The van der Waals surface area contributed by atoms with Crippen LogP contribution in [0.4, 0.5) is 8.78 Å². The van der Waals surface area contributed by atoms with Crippen molar-refractivity contribution in [2.75, 3.05) is 19.7 Å². The number of aryl methyl sites for hydroxylation is 1. The van der Waals surface area contributed by atoms with Crippen molar-refractivity contribution in [3.63, 3.8) is 0 Å². The SMILES string of the molecule is Cc1nc2cc(C(=O)NC3CCC(CCN4CCc5sc(OCC(C)(F)F)nc5C4)CC3)ccc2o1. The summed E-state index contributed by atoms with van der Waals surface area (Å²) >= 11 is 1.39. The molecule has 1 aromatic carbocycles. The third-order valence-corrected chi connectivity index (χ3v) is 8.10. The Balaban J connectivity index is 1.04. The first-order chi connectivity index (χ1) is 17.2. The second kappa shape index (κ2) is 10.4. The van der Waals surface area contributed by atoms with Gasteiger partial charge >= 0.3 is 0 Å². The normalized spacial score (nSPS) is 20.9. The summed E-state index contributed by atoms with van der Waals surface area (Å²) in [6, 6.07) is 5.57. The van der Waals surface area contributed by atoms with Crippen LogP contribution in [0.15, 0.2) is 22.6 Å². The number of fused-ring (bicyclic) bond motifs is 2. The Morgan fingerprint density at radius 3 is 2.86 bits per heavy atom. The smallest absolute Gasteiger partial charge is 0.278 e. The lowest BCUT2D eigenvalue weighted by Crippen LogP contribution is -2.38. The van der Waals surface area contributed by atoms with E-state index in [0.717, 1.165) is 75.7 Å². The first kappa shape index (κ1) is 25.1. The zero-order chi connectivity index (χ0) is 25.3. The van der Waals surface area contributed by atoms with Crippen molar-refractivity contribution < 1.29 is 22.7 Å². The van der Waals surface area contributed by atoms with Crippen molar-refractivity contribution in [1.82, 2.24) is 20.2 Å². The minimum absolute atomic E-state index is 0.0561. The molecule has 10 heteroatoms. The highest BCUT2D eigenvalue weighted by molar-refractivity contribution is 7.13. The van der Waals surface area contributed by atoms with Gasteiger partial charge in [0.2, 0.25) is 0 Å². The molecule has 0 saturated heterocycles. The number of alkyl halides is 2. The summed E-state index contributed by atoms with van der Waals surface area (Å²) < 4.78 is 36.8. The van der Waals surface area contributed by atoms with Gasteiger partial charge in [0.25, 0.3) is 17.0 Å². The molecule has 0 atom stereocenters. The highest BCUT2D eigenvalue weighted by atomic mass is 32.1. The van der Waals surface area contributed by atoms with Crippen molar-refractivity contribution in [2.24, 2.45) is 5.92 Å². The molecule has 5 rings (SSSR count). The third-order valence-electron chi connectivity index (χ3n) is 7.03. The molecule has 0 unspecified atom stereocenters. The van der Waals surface area contributed by atoms with Crippen molar-refractivity contribution in [1.29, 1.82) is 0 Å². The molecule has 1 saturated carbocycles. The van der Waals surface area contributed by atoms with Gasteiger partial charge in [0.05, 0.1) is 5.69 Å². The fourth-order valence-corrected chi connectivity index (χ4v) is 5.99. The highest BCUT2D eigenvalue weighted by Crippen LogP contribution is 2.32. The minimum atomic E-state index is -2.86. The van der Waals surface area contributed by atoms with E-state index < -0.39 is 12.5 Å². The number of hydrogen-bond donors (Lipinski definition) is 1. The molecule has 1 aliphatic heterocycles. The first-order valence-electron chi connectivity index (χ1n) is 12.6. The van der Waals surface area contributed by atoms with Crippen molar-refractivity contribution in [3.8, 4) is 5.19 Å². The molecule has 0 radical (unpaired) electrons. The number of aromatic nitrogens is 2. The lowest BCUT2D eigenvalue weighted by Gasteiger charge is -2.32. The zero-order valence-corrected chi connectivity index (χ0v) is 21.5. The number of oxazole rings is 1. The average Bonchev–Trinajstić information content (AvgIpc) is 3.42. The summed E-state index contributed by atoms with van der Waals surface area (Å²) in [6.07, 6.45) is 6.18. The molecule has 1 fully saturated rings. The maximum absolute atomic E-state index is 13.1. The zero-order valence-electron chi connectivity index (χ0n) is 20.7. The van der Waals surface area contributed by atoms with Crippen molar-refractivity contribution in [2.45, 2.75) is 70.9 Å². The predicted molar refractivity (Wildman–Crippen MR) is 134 cm³/mol. The number of ether oxygens (including phenoxy) is 1. The van der Waals surface area contributed by atoms with E-state index in [2.05, 4.69) is 20.2 Å². The molecule has 0 spiro atoms. The number of halogens is 2. The fourth-order valence-electron chi connectivity index (χ4n) is 5.08. The highest BCUT2D eigenvalue weighted by Gasteiger charge is 2.27. The second-order valence-corrected chi connectivity index (χ2v) is 11.2. The van der Waals surface area contributed by atoms with E-state index in [4.69, 9.17) is 9.15 Å². The van der Waals surface area contributed by atoms with Gasteiger partial charge < -0.3 is 14.5 Å². The largest absolute Gasteiger partial charge is 0.464 e. The Morgan fingerprint density at radius 1 is 1.28 bits per heavy atom. The lowest BCUT2D eigenvalue weighted by atomic mass is 9.84. The van der Waals surface area contributed by atoms with Crippen molar-refractivity contribution in [3.05, 3.63) is 40.2 Å². The molecule has 2 aliphatic rings. The molecule has 3 heterocycles. The summed E-state index contributed by atoms with van der Waals surface area (Å²) in [4.78, 5) is 25.1. The summed E-state index contributed by atoms with van der Waals surface area (Å²) in [5.41, 5.74) is 2.98. The quantitative estimate of drug-likeness (QED) is 0.432. The molecule has 7 nitrogen and oxygen atoms in total. The molecule has 1 N–H and O–H groups in total. The molecule has 1 aliphatic carbocycles. The molecule has 1 amide bonds. The van der Waals surface area contributed by atoms with Gasteiger partial charge in [0, 0.05) is 43.4 Å². The second-order valence-electron chi connectivity index (χ2n) is 10.1. The fraction of sp³-hybridized carbons (Fsp3) is 0.577. The van der Waals surface area contributed by atoms with Crippen LogP contribution in [0.25, 0.3) is 11.1 Å². The Labute approximate surface area is 213 Å². The number of carbonyl (C=O) groups excluding carboxylic acids is 1. The Bertz CT molecular complexity index is 1210. The van der Waals surface area contributed by atoms with E-state index in [0.29, 0.717) is 33.7 Å². The Hall–Kier alpha value is -2.59. The van der Waals surface area contributed by atoms with Gasteiger partial charge in [0.15, 0.2) is 18.1 Å². The van der Waals surface area contributed by atoms with E-state index in [-0.39, 0.29) is 11.9 Å². The standard InChI is InChI=1S/C26H32F2N4O3S/c1-16-29-20-13-18(5-8-22(20)35-16)24(33)30-19-6-3-17(4-7-19)9-11-32-12-10-23-21(14-32)31-25(36-23)34-15-26(2,27)28/h5,8,13,17,19H,3-4,6-7,9-12,14-15H2,1-2H3,(H,30,33).